The number of pyridine rings is 2. The van der Waals surface area contributed by atoms with Crippen LogP contribution < -0.4 is 5.73 Å². The maximum Gasteiger partial charge on any atom is 0.417 e. The second-order valence-corrected chi connectivity index (χ2v) is 6.59. The molecular formula is C15H9ClF6N4O2S. The van der Waals surface area contributed by atoms with Crippen molar-refractivity contribution in [3.05, 3.63) is 52.4 Å². The van der Waals surface area contributed by atoms with Crippen molar-refractivity contribution >= 4 is 35.2 Å². The molecule has 0 saturated carbocycles. The predicted octanol–water partition coefficient (Wildman–Crippen LogP) is 4.39. The number of nitrogens with two attached hydrogens (primary N) is 1. The van der Waals surface area contributed by atoms with E-state index in [1.54, 1.807) is 0 Å². The predicted molar refractivity (Wildman–Crippen MR) is 91.2 cm³/mol. The highest BCUT2D eigenvalue weighted by Gasteiger charge is 2.32. The zero-order chi connectivity index (χ0) is 21.8. The van der Waals surface area contributed by atoms with Crippen LogP contribution in [0.2, 0.25) is 5.02 Å². The van der Waals surface area contributed by atoms with E-state index in [4.69, 9.17) is 17.3 Å². The van der Waals surface area contributed by atoms with Crippen molar-refractivity contribution in [2.24, 2.45) is 10.9 Å². The fourth-order valence-electron chi connectivity index (χ4n) is 1.69. The van der Waals surface area contributed by atoms with Gasteiger partial charge in [-0.3, -0.25) is 0 Å². The molecule has 0 radical (unpaired) electrons. The van der Waals surface area contributed by atoms with Crippen molar-refractivity contribution in [1.29, 1.82) is 0 Å². The SMILES string of the molecule is N/C(CSc1ccc(C(F)(F)F)cn1)=N\OC(=O)c1ncc(C(F)(F)F)cc1Cl. The summed E-state index contributed by atoms with van der Waals surface area (Å²) < 4.78 is 75.0. The van der Waals surface area contributed by atoms with Gasteiger partial charge in [-0.05, 0) is 18.2 Å². The molecule has 2 N–H and O–H groups in total. The topological polar surface area (TPSA) is 90.5 Å². The van der Waals surface area contributed by atoms with Crippen molar-refractivity contribution in [3.63, 3.8) is 0 Å². The number of nitrogens with zero attached hydrogens (tertiary/aromatic N) is 3. The van der Waals surface area contributed by atoms with Crippen molar-refractivity contribution in [3.8, 4) is 0 Å². The molecule has 0 bridgehead atoms. The molecule has 0 unspecified atom stereocenters. The molecule has 29 heavy (non-hydrogen) atoms. The molecular weight excluding hydrogens is 450 g/mol. The third kappa shape index (κ3) is 6.49. The van der Waals surface area contributed by atoms with E-state index in [2.05, 4.69) is 20.0 Å². The second-order valence-electron chi connectivity index (χ2n) is 5.19. The summed E-state index contributed by atoms with van der Waals surface area (Å²) in [5, 5.41) is 2.89. The van der Waals surface area contributed by atoms with Gasteiger partial charge < -0.3 is 10.6 Å². The van der Waals surface area contributed by atoms with Gasteiger partial charge in [0, 0.05) is 12.4 Å². The summed E-state index contributed by atoms with van der Waals surface area (Å²) in [6.45, 7) is 0. The molecule has 2 aromatic rings. The van der Waals surface area contributed by atoms with Crippen molar-refractivity contribution in [1.82, 2.24) is 9.97 Å². The Kier molecular flexibility index (Phi) is 6.95. The van der Waals surface area contributed by atoms with Gasteiger partial charge in [0.25, 0.3) is 0 Å². The third-order valence-corrected chi connectivity index (χ3v) is 4.30. The maximum absolute atomic E-state index is 12.5. The van der Waals surface area contributed by atoms with Crippen LogP contribution in [0.1, 0.15) is 21.6 Å². The molecule has 2 heterocycles. The molecule has 0 atom stereocenters. The average molecular weight is 459 g/mol. The average Bonchev–Trinajstić information content (AvgIpc) is 2.63. The highest BCUT2D eigenvalue weighted by Crippen LogP contribution is 2.31. The van der Waals surface area contributed by atoms with Crippen molar-refractivity contribution in [2.45, 2.75) is 17.4 Å². The first-order valence-electron chi connectivity index (χ1n) is 7.30. The third-order valence-electron chi connectivity index (χ3n) is 3.04. The normalized spacial score (nSPS) is 12.7. The largest absolute Gasteiger partial charge is 0.417 e. The smallest absolute Gasteiger partial charge is 0.384 e. The summed E-state index contributed by atoms with van der Waals surface area (Å²) in [5.41, 5.74) is 2.84. The monoisotopic (exact) mass is 458 g/mol. The Hall–Kier alpha value is -2.54. The zero-order valence-electron chi connectivity index (χ0n) is 13.9. The van der Waals surface area contributed by atoms with Crippen LogP contribution in [0, 0.1) is 0 Å². The van der Waals surface area contributed by atoms with Crippen molar-refractivity contribution in [2.75, 3.05) is 5.75 Å². The summed E-state index contributed by atoms with van der Waals surface area (Å²) in [6.07, 6.45) is -8.15. The van der Waals surface area contributed by atoms with E-state index < -0.39 is 40.2 Å². The number of carbonyl (C=O) groups is 1. The van der Waals surface area contributed by atoms with Crippen LogP contribution in [0.25, 0.3) is 0 Å². The molecule has 0 amide bonds. The fraction of sp³-hybridized carbons (Fsp3) is 0.200. The molecule has 0 aliphatic rings. The number of amidine groups is 1. The standard InChI is InChI=1S/C15H9ClF6N4O2S/c16-9-3-8(15(20,21)22)5-25-12(9)13(27)28-26-10(23)6-29-11-2-1-7(4-24-11)14(17,18)19/h1-5H,6H2,(H2,23,26). The van der Waals surface area contributed by atoms with Gasteiger partial charge in [0.15, 0.2) is 11.5 Å². The first kappa shape index (κ1) is 22.7. The summed E-state index contributed by atoms with van der Waals surface area (Å²) in [7, 11) is 0. The van der Waals surface area contributed by atoms with E-state index in [1.165, 1.54) is 0 Å². The number of hydrogen-bond donors (Lipinski definition) is 1. The Labute approximate surface area is 168 Å². The Balaban J connectivity index is 1.95. The minimum Gasteiger partial charge on any atom is -0.384 e. The van der Waals surface area contributed by atoms with E-state index >= 15 is 0 Å². The van der Waals surface area contributed by atoms with Crippen LogP contribution in [0.5, 0.6) is 0 Å². The number of hydrogen-bond acceptors (Lipinski definition) is 6. The molecule has 14 heteroatoms. The summed E-state index contributed by atoms with van der Waals surface area (Å²) in [5.74, 6) is -1.59. The van der Waals surface area contributed by atoms with Crippen LogP contribution in [0.4, 0.5) is 26.3 Å². The fourth-order valence-corrected chi connectivity index (χ4v) is 2.58. The highest BCUT2D eigenvalue weighted by molar-refractivity contribution is 7.99. The quantitative estimate of drug-likeness (QED) is 0.178. The minimum atomic E-state index is -4.69. The maximum atomic E-state index is 12.5. The first-order chi connectivity index (χ1) is 13.4. The highest BCUT2D eigenvalue weighted by atomic mass is 35.5. The Morgan fingerprint density at radius 2 is 1.72 bits per heavy atom. The van der Waals surface area contributed by atoms with Gasteiger partial charge in [0.05, 0.1) is 26.9 Å². The molecule has 0 aromatic carbocycles. The minimum absolute atomic E-state index is 0.0974. The van der Waals surface area contributed by atoms with Gasteiger partial charge >= 0.3 is 18.3 Å². The van der Waals surface area contributed by atoms with Crippen LogP contribution in [-0.2, 0) is 17.2 Å². The van der Waals surface area contributed by atoms with Gasteiger partial charge in [-0.2, -0.15) is 26.3 Å². The lowest BCUT2D eigenvalue weighted by atomic mass is 10.2. The number of alkyl halides is 6. The molecule has 0 saturated heterocycles. The number of aromatic nitrogens is 2. The van der Waals surface area contributed by atoms with E-state index in [1.807, 2.05) is 0 Å². The van der Waals surface area contributed by atoms with Crippen molar-refractivity contribution < 1.29 is 36.0 Å². The molecule has 0 aliphatic carbocycles. The number of halogens is 7. The van der Waals surface area contributed by atoms with Gasteiger partial charge in [0.1, 0.15) is 0 Å². The molecule has 2 rings (SSSR count). The number of rotatable bonds is 5. The Morgan fingerprint density at radius 3 is 2.24 bits per heavy atom. The van der Waals surface area contributed by atoms with Gasteiger partial charge in [-0.25, -0.2) is 14.8 Å². The lowest BCUT2D eigenvalue weighted by molar-refractivity contribution is -0.138. The number of carbonyl (C=O) groups excluding carboxylic acids is 1. The lowest BCUT2D eigenvalue weighted by Crippen LogP contribution is -2.17. The zero-order valence-corrected chi connectivity index (χ0v) is 15.5. The van der Waals surface area contributed by atoms with E-state index in [0.717, 1.165) is 23.9 Å². The van der Waals surface area contributed by atoms with Gasteiger partial charge in [-0.1, -0.05) is 28.5 Å². The van der Waals surface area contributed by atoms with E-state index in [9.17, 15) is 31.1 Å². The molecule has 2 aromatic heterocycles. The second kappa shape index (κ2) is 8.86. The van der Waals surface area contributed by atoms with E-state index in [-0.39, 0.29) is 16.6 Å². The van der Waals surface area contributed by atoms with Gasteiger partial charge in [-0.15, -0.1) is 0 Å². The first-order valence-corrected chi connectivity index (χ1v) is 8.66. The number of oxime groups is 1. The van der Waals surface area contributed by atoms with Crippen LogP contribution >= 0.6 is 23.4 Å². The summed E-state index contributed by atoms with van der Waals surface area (Å²) in [6, 6.07) is 2.46. The lowest BCUT2D eigenvalue weighted by Gasteiger charge is -2.08. The van der Waals surface area contributed by atoms with Crippen LogP contribution in [0.15, 0.2) is 40.8 Å². The molecule has 156 valence electrons. The van der Waals surface area contributed by atoms with Crippen LogP contribution in [0.3, 0.4) is 0 Å². The number of thioether (sulfide) groups is 1. The molecule has 0 aliphatic heterocycles. The Bertz CT molecular complexity index is 919. The molecule has 6 nitrogen and oxygen atoms in total. The summed E-state index contributed by atoms with van der Waals surface area (Å²) >= 11 is 6.51. The molecule has 0 fully saturated rings. The summed E-state index contributed by atoms with van der Waals surface area (Å²) in [4.78, 5) is 23.2. The molecule has 0 spiro atoms. The Morgan fingerprint density at radius 1 is 1.10 bits per heavy atom. The van der Waals surface area contributed by atoms with Crippen LogP contribution in [-0.4, -0.2) is 27.5 Å². The van der Waals surface area contributed by atoms with E-state index in [0.29, 0.717) is 18.5 Å². The van der Waals surface area contributed by atoms with Gasteiger partial charge in [0.2, 0.25) is 0 Å².